The van der Waals surface area contributed by atoms with Crippen LogP contribution in [-0.4, -0.2) is 10.2 Å². The number of benzene rings is 4. The quantitative estimate of drug-likeness (QED) is 0.185. The van der Waals surface area contributed by atoms with Crippen molar-refractivity contribution < 1.29 is 10.2 Å². The Kier molecular flexibility index (Phi) is 6.22. The minimum absolute atomic E-state index is 0.0163. The molecule has 8 heteroatoms. The molecule has 0 fully saturated rings. The highest BCUT2D eigenvalue weighted by Crippen LogP contribution is 2.34. The summed E-state index contributed by atoms with van der Waals surface area (Å²) in [7, 11) is 0. The number of phenolic OH excluding ortho intramolecular Hbond substituents is 2. The van der Waals surface area contributed by atoms with Gasteiger partial charge in [0.1, 0.15) is 22.9 Å². The van der Waals surface area contributed by atoms with Crippen molar-refractivity contribution in [1.29, 1.82) is 0 Å². The summed E-state index contributed by atoms with van der Waals surface area (Å²) in [5.41, 5.74) is 18.2. The molecule has 34 heavy (non-hydrogen) atoms. The minimum Gasteiger partial charge on any atom is -0.506 e. The van der Waals surface area contributed by atoms with E-state index in [1.165, 1.54) is 12.1 Å². The standard InChI is InChI=1S/C26H24N6O2/c1-15-11-17(3-7-21(15)29-31-23-9-5-19(27)13-25(23)33)18-4-8-22(16(2)12-18)30-32-24-10-6-20(28)14-26(24)34/h3-14,33-34H,27-28H2,1-2H3/b31-29+,32-30+. The van der Waals surface area contributed by atoms with E-state index in [-0.39, 0.29) is 11.5 Å². The van der Waals surface area contributed by atoms with E-state index in [4.69, 9.17) is 11.5 Å². The number of nitrogens with zero attached hydrogens (tertiary/aromatic N) is 4. The number of nitrogens with two attached hydrogens (primary N) is 2. The van der Waals surface area contributed by atoms with Crippen LogP contribution in [0, 0.1) is 13.8 Å². The third-order valence-corrected chi connectivity index (χ3v) is 5.26. The highest BCUT2D eigenvalue weighted by molar-refractivity contribution is 5.70. The van der Waals surface area contributed by atoms with Crippen LogP contribution in [0.25, 0.3) is 11.1 Å². The molecule has 0 saturated carbocycles. The SMILES string of the molecule is Cc1cc(-c2ccc(/N=N/c3ccc(N)cc3O)c(C)c2)ccc1/N=N/c1ccc(N)cc1O. The number of aromatic hydroxyl groups is 2. The topological polar surface area (TPSA) is 142 Å². The smallest absolute Gasteiger partial charge is 0.145 e. The normalized spacial score (nSPS) is 11.5. The predicted octanol–water partition coefficient (Wildman–Crippen LogP) is 7.38. The molecule has 4 aromatic rings. The van der Waals surface area contributed by atoms with Crippen molar-refractivity contribution in [1.82, 2.24) is 0 Å². The lowest BCUT2D eigenvalue weighted by Gasteiger charge is -2.08. The van der Waals surface area contributed by atoms with Gasteiger partial charge in [0.05, 0.1) is 11.4 Å². The van der Waals surface area contributed by atoms with Gasteiger partial charge in [-0.15, -0.1) is 10.2 Å². The fraction of sp³-hybridized carbons (Fsp3) is 0.0769. The van der Waals surface area contributed by atoms with Gasteiger partial charge in [-0.2, -0.15) is 10.2 Å². The molecular formula is C26H24N6O2. The number of hydrogen-bond donors (Lipinski definition) is 4. The average molecular weight is 453 g/mol. The van der Waals surface area contributed by atoms with Gasteiger partial charge in [-0.25, -0.2) is 0 Å². The lowest BCUT2D eigenvalue weighted by atomic mass is 10.0. The van der Waals surface area contributed by atoms with Crippen LogP contribution in [0.3, 0.4) is 0 Å². The van der Waals surface area contributed by atoms with Gasteiger partial charge in [0, 0.05) is 23.5 Å². The lowest BCUT2D eigenvalue weighted by molar-refractivity contribution is 0.476. The van der Waals surface area contributed by atoms with E-state index in [1.54, 1.807) is 24.3 Å². The summed E-state index contributed by atoms with van der Waals surface area (Å²) < 4.78 is 0. The maximum atomic E-state index is 9.94. The van der Waals surface area contributed by atoms with Crippen molar-refractivity contribution in [3.8, 4) is 22.6 Å². The molecule has 0 bridgehead atoms. The van der Waals surface area contributed by atoms with Crippen molar-refractivity contribution in [2.24, 2.45) is 20.5 Å². The fourth-order valence-electron chi connectivity index (χ4n) is 3.36. The Labute approximate surface area is 196 Å². The summed E-state index contributed by atoms with van der Waals surface area (Å²) in [6.07, 6.45) is 0. The Morgan fingerprint density at radius 2 is 0.853 bits per heavy atom. The van der Waals surface area contributed by atoms with Crippen LogP contribution in [0.4, 0.5) is 34.1 Å². The number of aryl methyl sites for hydroxylation is 2. The molecule has 0 saturated heterocycles. The first-order valence-corrected chi connectivity index (χ1v) is 10.5. The largest absolute Gasteiger partial charge is 0.506 e. The number of phenols is 2. The van der Waals surface area contributed by atoms with Crippen LogP contribution in [0.1, 0.15) is 11.1 Å². The molecule has 8 nitrogen and oxygen atoms in total. The van der Waals surface area contributed by atoms with Crippen molar-refractivity contribution >= 4 is 34.1 Å². The second kappa shape index (κ2) is 9.41. The molecule has 0 aliphatic rings. The van der Waals surface area contributed by atoms with Crippen molar-refractivity contribution in [3.05, 3.63) is 83.9 Å². The summed E-state index contributed by atoms with van der Waals surface area (Å²) in [6.45, 7) is 3.91. The van der Waals surface area contributed by atoms with Gasteiger partial charge in [0.15, 0.2) is 0 Å². The van der Waals surface area contributed by atoms with Crippen molar-refractivity contribution in [3.63, 3.8) is 0 Å². The Morgan fingerprint density at radius 3 is 1.21 bits per heavy atom. The molecular weight excluding hydrogens is 428 g/mol. The molecule has 6 N–H and O–H groups in total. The van der Waals surface area contributed by atoms with Crippen LogP contribution in [-0.2, 0) is 0 Å². The number of rotatable bonds is 5. The number of azo groups is 2. The third kappa shape index (κ3) is 5.02. The second-order valence-corrected chi connectivity index (χ2v) is 7.90. The molecule has 0 amide bonds. The fourth-order valence-corrected chi connectivity index (χ4v) is 3.36. The molecule has 170 valence electrons. The molecule has 0 heterocycles. The molecule has 0 unspecified atom stereocenters. The summed E-state index contributed by atoms with van der Waals surface area (Å²) in [4.78, 5) is 0. The molecule has 0 aliphatic carbocycles. The summed E-state index contributed by atoms with van der Waals surface area (Å²) >= 11 is 0. The monoisotopic (exact) mass is 452 g/mol. The highest BCUT2D eigenvalue weighted by atomic mass is 16.3. The number of anilines is 2. The van der Waals surface area contributed by atoms with Gasteiger partial charge in [-0.05, 0) is 84.6 Å². The van der Waals surface area contributed by atoms with E-state index in [0.717, 1.165) is 22.3 Å². The van der Waals surface area contributed by atoms with Crippen molar-refractivity contribution in [2.75, 3.05) is 11.5 Å². The Hall–Kier alpha value is -4.72. The zero-order valence-electron chi connectivity index (χ0n) is 18.8. The first kappa shape index (κ1) is 22.5. The van der Waals surface area contributed by atoms with Gasteiger partial charge in [0.25, 0.3) is 0 Å². The van der Waals surface area contributed by atoms with Crippen LogP contribution < -0.4 is 11.5 Å². The van der Waals surface area contributed by atoms with Crippen LogP contribution >= 0.6 is 0 Å². The number of nitrogen functional groups attached to an aromatic ring is 2. The molecule has 0 radical (unpaired) electrons. The molecule has 4 rings (SSSR count). The Balaban J connectivity index is 1.54. The van der Waals surface area contributed by atoms with E-state index in [9.17, 15) is 10.2 Å². The Bertz CT molecular complexity index is 1320. The van der Waals surface area contributed by atoms with Crippen molar-refractivity contribution in [2.45, 2.75) is 13.8 Å². The van der Waals surface area contributed by atoms with Crippen LogP contribution in [0.15, 0.2) is 93.3 Å². The molecule has 0 spiro atoms. The van der Waals surface area contributed by atoms with E-state index >= 15 is 0 Å². The summed E-state index contributed by atoms with van der Waals surface area (Å²) in [6, 6.07) is 21.2. The zero-order chi connectivity index (χ0) is 24.2. The minimum atomic E-state index is -0.0163. The maximum absolute atomic E-state index is 9.94. The highest BCUT2D eigenvalue weighted by Gasteiger charge is 2.07. The molecule has 0 aliphatic heterocycles. The lowest BCUT2D eigenvalue weighted by Crippen LogP contribution is -1.83. The van der Waals surface area contributed by atoms with Gasteiger partial charge >= 0.3 is 0 Å². The first-order chi connectivity index (χ1) is 16.3. The third-order valence-electron chi connectivity index (χ3n) is 5.26. The van der Waals surface area contributed by atoms with Crippen LogP contribution in [0.5, 0.6) is 11.5 Å². The predicted molar refractivity (Wildman–Crippen MR) is 135 cm³/mol. The van der Waals surface area contributed by atoms with Gasteiger partial charge in [-0.1, -0.05) is 12.1 Å². The first-order valence-electron chi connectivity index (χ1n) is 10.5. The Morgan fingerprint density at radius 1 is 0.500 bits per heavy atom. The van der Waals surface area contributed by atoms with Gasteiger partial charge in [-0.3, -0.25) is 0 Å². The van der Waals surface area contributed by atoms with Crippen LogP contribution in [0.2, 0.25) is 0 Å². The molecule has 0 aromatic heterocycles. The van der Waals surface area contributed by atoms with E-state index in [1.807, 2.05) is 50.2 Å². The zero-order valence-corrected chi connectivity index (χ0v) is 18.8. The van der Waals surface area contributed by atoms with Gasteiger partial charge < -0.3 is 21.7 Å². The molecule has 4 aromatic carbocycles. The van der Waals surface area contributed by atoms with Gasteiger partial charge in [0.2, 0.25) is 0 Å². The van der Waals surface area contributed by atoms with E-state index in [0.29, 0.717) is 34.1 Å². The average Bonchev–Trinajstić information content (AvgIpc) is 2.79. The van der Waals surface area contributed by atoms with E-state index in [2.05, 4.69) is 20.5 Å². The van der Waals surface area contributed by atoms with E-state index < -0.39 is 0 Å². The maximum Gasteiger partial charge on any atom is 0.145 e. The molecule has 0 atom stereocenters. The summed E-state index contributed by atoms with van der Waals surface area (Å²) in [5, 5.41) is 36.7. The second-order valence-electron chi connectivity index (χ2n) is 7.90. The number of hydrogen-bond acceptors (Lipinski definition) is 8. The summed E-state index contributed by atoms with van der Waals surface area (Å²) in [5.74, 6) is -0.0327.